The minimum atomic E-state index is -0.276. The van der Waals surface area contributed by atoms with Gasteiger partial charge < -0.3 is 26.0 Å². The van der Waals surface area contributed by atoms with E-state index in [1.165, 1.54) is 0 Å². The molecule has 0 bridgehead atoms. The Morgan fingerprint density at radius 3 is 2.25 bits per heavy atom. The zero-order valence-corrected chi connectivity index (χ0v) is 15.9. The second-order valence-electron chi connectivity index (χ2n) is 5.89. The highest BCUT2D eigenvalue weighted by Crippen LogP contribution is 2.12. The summed E-state index contributed by atoms with van der Waals surface area (Å²) < 4.78 is 4.89. The lowest BCUT2D eigenvalue weighted by atomic mass is 10.2. The molecule has 8 nitrogen and oxygen atoms in total. The molecule has 0 fully saturated rings. The van der Waals surface area contributed by atoms with E-state index in [0.29, 0.717) is 35.7 Å². The topological polar surface area (TPSA) is 109 Å². The summed E-state index contributed by atoms with van der Waals surface area (Å²) in [5, 5.41) is 11.0. The van der Waals surface area contributed by atoms with Crippen molar-refractivity contribution in [2.24, 2.45) is 0 Å². The Hall–Kier alpha value is -3.39. The van der Waals surface area contributed by atoms with Crippen LogP contribution in [-0.4, -0.2) is 51.6 Å². The number of methoxy groups -OCH3 is 1. The molecule has 0 aliphatic heterocycles. The van der Waals surface area contributed by atoms with Crippen molar-refractivity contribution in [2.75, 3.05) is 44.5 Å². The van der Waals surface area contributed by atoms with Crippen molar-refractivity contribution >= 4 is 29.1 Å². The first-order valence-corrected chi connectivity index (χ1v) is 8.76. The summed E-state index contributed by atoms with van der Waals surface area (Å²) >= 11 is 0. The first-order valence-electron chi connectivity index (χ1n) is 8.76. The van der Waals surface area contributed by atoms with Crippen LogP contribution >= 0.6 is 0 Å². The summed E-state index contributed by atoms with van der Waals surface area (Å²) in [4.78, 5) is 35.9. The van der Waals surface area contributed by atoms with Gasteiger partial charge in [0.15, 0.2) is 0 Å². The molecule has 0 radical (unpaired) electrons. The fourth-order valence-corrected chi connectivity index (χ4v) is 2.41. The number of ether oxygens (including phenoxy) is 1. The van der Waals surface area contributed by atoms with Gasteiger partial charge in [0.2, 0.25) is 5.91 Å². The average molecular weight is 384 g/mol. The van der Waals surface area contributed by atoms with Crippen LogP contribution in [0.1, 0.15) is 20.7 Å². The number of anilines is 2. The highest BCUT2D eigenvalue weighted by Gasteiger charge is 2.08. The van der Waals surface area contributed by atoms with Gasteiger partial charge in [0.1, 0.15) is 0 Å². The SMILES string of the molecule is CNC(=O)c1cccc(NCC(=O)Nc2cccc(C(=O)NCCOC)c2)c1. The molecule has 0 aliphatic rings. The standard InChI is InChI=1S/C20H24N4O4/c1-21-19(26)14-5-3-7-16(11-14)23-13-18(25)24-17-8-4-6-15(12-17)20(27)22-9-10-28-2/h3-8,11-12,23H,9-10,13H2,1-2H3,(H,21,26)(H,22,27)(H,24,25). The Bertz CT molecular complexity index is 838. The fourth-order valence-electron chi connectivity index (χ4n) is 2.41. The van der Waals surface area contributed by atoms with Gasteiger partial charge in [-0.2, -0.15) is 0 Å². The van der Waals surface area contributed by atoms with E-state index < -0.39 is 0 Å². The van der Waals surface area contributed by atoms with Crippen LogP contribution in [0.2, 0.25) is 0 Å². The minimum Gasteiger partial charge on any atom is -0.383 e. The van der Waals surface area contributed by atoms with E-state index in [-0.39, 0.29) is 24.3 Å². The summed E-state index contributed by atoms with van der Waals surface area (Å²) in [6.07, 6.45) is 0. The lowest BCUT2D eigenvalue weighted by molar-refractivity contribution is -0.114. The normalized spacial score (nSPS) is 10.1. The first-order chi connectivity index (χ1) is 13.5. The van der Waals surface area contributed by atoms with Gasteiger partial charge in [-0.25, -0.2) is 0 Å². The van der Waals surface area contributed by atoms with Crippen LogP contribution in [0.25, 0.3) is 0 Å². The molecular formula is C20H24N4O4. The summed E-state index contributed by atoms with van der Waals surface area (Å²) in [6, 6.07) is 13.5. The molecule has 28 heavy (non-hydrogen) atoms. The van der Waals surface area contributed by atoms with Gasteiger partial charge >= 0.3 is 0 Å². The van der Waals surface area contributed by atoms with Crippen LogP contribution in [0.5, 0.6) is 0 Å². The van der Waals surface area contributed by atoms with Crippen LogP contribution in [0.15, 0.2) is 48.5 Å². The molecule has 0 saturated carbocycles. The van der Waals surface area contributed by atoms with Gasteiger partial charge in [-0.3, -0.25) is 14.4 Å². The molecule has 0 unspecified atom stereocenters. The summed E-state index contributed by atoms with van der Waals surface area (Å²) in [6.45, 7) is 0.849. The fraction of sp³-hybridized carbons (Fsp3) is 0.250. The Morgan fingerprint density at radius 2 is 1.57 bits per heavy atom. The van der Waals surface area contributed by atoms with Crippen LogP contribution in [0.4, 0.5) is 11.4 Å². The molecular weight excluding hydrogens is 360 g/mol. The number of amides is 3. The first kappa shape index (κ1) is 20.9. The Labute approximate surface area is 163 Å². The number of rotatable bonds is 9. The van der Waals surface area contributed by atoms with Gasteiger partial charge in [-0.05, 0) is 36.4 Å². The van der Waals surface area contributed by atoms with Crippen LogP contribution in [0, 0.1) is 0 Å². The number of hydrogen-bond donors (Lipinski definition) is 4. The molecule has 0 aliphatic carbocycles. The van der Waals surface area contributed by atoms with Gasteiger partial charge in [0.05, 0.1) is 13.2 Å². The lowest BCUT2D eigenvalue weighted by Crippen LogP contribution is -2.27. The number of carbonyl (C=O) groups excluding carboxylic acids is 3. The van der Waals surface area contributed by atoms with Crippen LogP contribution in [0.3, 0.4) is 0 Å². The van der Waals surface area contributed by atoms with E-state index in [4.69, 9.17) is 4.74 Å². The second kappa shape index (κ2) is 10.7. The highest BCUT2D eigenvalue weighted by atomic mass is 16.5. The maximum absolute atomic E-state index is 12.2. The van der Waals surface area contributed by atoms with Crippen molar-refractivity contribution in [3.8, 4) is 0 Å². The Kier molecular flexibility index (Phi) is 7.98. The number of nitrogens with one attached hydrogen (secondary N) is 4. The maximum atomic E-state index is 12.2. The predicted octanol–water partition coefficient (Wildman–Crippen LogP) is 1.47. The van der Waals surface area contributed by atoms with E-state index in [2.05, 4.69) is 21.3 Å². The van der Waals surface area contributed by atoms with Crippen LogP contribution < -0.4 is 21.3 Å². The van der Waals surface area contributed by atoms with E-state index in [1.807, 2.05) is 0 Å². The molecule has 0 spiro atoms. The largest absolute Gasteiger partial charge is 0.383 e. The van der Waals surface area contributed by atoms with Crippen molar-refractivity contribution < 1.29 is 19.1 Å². The zero-order valence-electron chi connectivity index (χ0n) is 15.9. The van der Waals surface area contributed by atoms with Crippen molar-refractivity contribution in [1.29, 1.82) is 0 Å². The smallest absolute Gasteiger partial charge is 0.251 e. The Morgan fingerprint density at radius 1 is 0.929 bits per heavy atom. The summed E-state index contributed by atoms with van der Waals surface area (Å²) in [5.74, 6) is -0.715. The van der Waals surface area contributed by atoms with Gasteiger partial charge in [0, 0.05) is 43.2 Å². The molecule has 148 valence electrons. The second-order valence-corrected chi connectivity index (χ2v) is 5.89. The van der Waals surface area contributed by atoms with Crippen molar-refractivity contribution in [2.45, 2.75) is 0 Å². The van der Waals surface area contributed by atoms with Crippen molar-refractivity contribution in [3.05, 3.63) is 59.7 Å². The number of hydrogen-bond acceptors (Lipinski definition) is 5. The predicted molar refractivity (Wildman–Crippen MR) is 108 cm³/mol. The highest BCUT2D eigenvalue weighted by molar-refractivity contribution is 5.98. The molecule has 4 N–H and O–H groups in total. The molecule has 8 heteroatoms. The third-order valence-electron chi connectivity index (χ3n) is 3.81. The number of benzene rings is 2. The molecule has 0 aromatic heterocycles. The van der Waals surface area contributed by atoms with Gasteiger partial charge in [-0.1, -0.05) is 12.1 Å². The molecule has 2 aromatic carbocycles. The quantitative estimate of drug-likeness (QED) is 0.490. The Balaban J connectivity index is 1.90. The van der Waals surface area contributed by atoms with Crippen LogP contribution in [-0.2, 0) is 9.53 Å². The minimum absolute atomic E-state index is 0.0153. The van der Waals surface area contributed by atoms with E-state index in [1.54, 1.807) is 62.7 Å². The monoisotopic (exact) mass is 384 g/mol. The molecule has 0 heterocycles. The van der Waals surface area contributed by atoms with Crippen molar-refractivity contribution in [3.63, 3.8) is 0 Å². The molecule has 0 atom stereocenters. The maximum Gasteiger partial charge on any atom is 0.251 e. The van der Waals surface area contributed by atoms with E-state index in [9.17, 15) is 14.4 Å². The average Bonchev–Trinajstić information content (AvgIpc) is 2.72. The van der Waals surface area contributed by atoms with E-state index >= 15 is 0 Å². The van der Waals surface area contributed by atoms with Crippen molar-refractivity contribution in [1.82, 2.24) is 10.6 Å². The lowest BCUT2D eigenvalue weighted by Gasteiger charge is -2.10. The molecule has 2 aromatic rings. The summed E-state index contributed by atoms with van der Waals surface area (Å²) in [7, 11) is 3.12. The molecule has 2 rings (SSSR count). The third-order valence-corrected chi connectivity index (χ3v) is 3.81. The third kappa shape index (κ3) is 6.40. The molecule has 0 saturated heterocycles. The zero-order chi connectivity index (χ0) is 20.4. The van der Waals surface area contributed by atoms with Gasteiger partial charge in [0.25, 0.3) is 11.8 Å². The number of carbonyl (C=O) groups is 3. The molecule has 3 amide bonds. The summed E-state index contributed by atoms with van der Waals surface area (Å²) in [5.41, 5.74) is 2.12. The van der Waals surface area contributed by atoms with E-state index in [0.717, 1.165) is 0 Å². The van der Waals surface area contributed by atoms with Gasteiger partial charge in [-0.15, -0.1) is 0 Å².